The monoisotopic (exact) mass is 587 g/mol. The van der Waals surface area contributed by atoms with E-state index in [1.165, 1.54) is 5.56 Å². The molecular weight excluding hydrogens is 555 g/mol. The van der Waals surface area contributed by atoms with Crippen LogP contribution in [0.25, 0.3) is 21.8 Å². The second-order valence-corrected chi connectivity index (χ2v) is 11.5. The number of hydrogen-bond acceptors (Lipinski definition) is 9. The lowest BCUT2D eigenvalue weighted by Crippen LogP contribution is -2.32. The molecule has 2 heterocycles. The van der Waals surface area contributed by atoms with Crippen molar-refractivity contribution in [2.24, 2.45) is 0 Å². The van der Waals surface area contributed by atoms with Crippen molar-refractivity contribution < 1.29 is 37.3 Å². The third-order valence-corrected chi connectivity index (χ3v) is 7.71. The zero-order valence-electron chi connectivity index (χ0n) is 22.9. The number of ether oxygens (including phenoxy) is 3. The second-order valence-electron chi connectivity index (χ2n) is 9.83. The molecule has 2 aromatic carbocycles. The van der Waals surface area contributed by atoms with Crippen molar-refractivity contribution in [3.8, 4) is 5.75 Å². The fourth-order valence-corrected chi connectivity index (χ4v) is 4.75. The Morgan fingerprint density at radius 1 is 0.927 bits per heavy atom. The molecular formula is C29H32F2N3O6P-2. The van der Waals surface area contributed by atoms with Crippen molar-refractivity contribution in [3.63, 3.8) is 0 Å². The molecule has 2 N–H and O–H groups in total. The molecule has 2 aromatic heterocycles. The van der Waals surface area contributed by atoms with Crippen molar-refractivity contribution in [1.82, 2.24) is 9.97 Å². The molecule has 0 bridgehead atoms. The molecule has 0 aliphatic heterocycles. The summed E-state index contributed by atoms with van der Waals surface area (Å²) in [6.07, 6.45) is 2.30. The van der Waals surface area contributed by atoms with Gasteiger partial charge in [-0.3, -0.25) is 4.98 Å². The van der Waals surface area contributed by atoms with Crippen LogP contribution in [-0.4, -0.2) is 48.7 Å². The van der Waals surface area contributed by atoms with Gasteiger partial charge in [0.25, 0.3) is 5.66 Å². The molecule has 4 aromatic rings. The topological polar surface area (TPSA) is 143 Å². The summed E-state index contributed by atoms with van der Waals surface area (Å²) in [7, 11) is -5.98. The Labute approximate surface area is 236 Å². The first-order valence-corrected chi connectivity index (χ1v) is 14.7. The number of pyridine rings is 2. The minimum Gasteiger partial charge on any atom is -0.807 e. The summed E-state index contributed by atoms with van der Waals surface area (Å²) in [5, 5.41) is 2.03. The maximum absolute atomic E-state index is 13.0. The van der Waals surface area contributed by atoms with E-state index in [9.17, 15) is 23.1 Å². The van der Waals surface area contributed by atoms with Gasteiger partial charge in [0, 0.05) is 31.0 Å². The number of nitrogen functional groups attached to an aromatic ring is 1. The normalized spacial score (nSPS) is 12.3. The lowest BCUT2D eigenvalue weighted by Gasteiger charge is -2.37. The van der Waals surface area contributed by atoms with E-state index in [1.807, 2.05) is 44.3 Å². The highest BCUT2D eigenvalue weighted by atomic mass is 31.2. The average molecular weight is 588 g/mol. The maximum Gasteiger partial charge on any atom is 0.274 e. The Bertz CT molecular complexity index is 1560. The number of nitrogens with zero attached hydrogens (tertiary/aromatic N) is 2. The summed E-state index contributed by atoms with van der Waals surface area (Å²) in [5.74, 6) is 1.12. The molecule has 0 aliphatic rings. The van der Waals surface area contributed by atoms with Crippen LogP contribution in [0.1, 0.15) is 28.7 Å². The molecule has 0 saturated carbocycles. The van der Waals surface area contributed by atoms with Crippen LogP contribution < -0.4 is 20.3 Å². The van der Waals surface area contributed by atoms with Gasteiger partial charge in [-0.15, -0.1) is 0 Å². The smallest absolute Gasteiger partial charge is 0.274 e. The summed E-state index contributed by atoms with van der Waals surface area (Å²) in [4.78, 5) is 30.0. The first-order valence-electron chi connectivity index (χ1n) is 13.2. The number of rotatable bonds is 14. The van der Waals surface area contributed by atoms with E-state index in [1.54, 1.807) is 0 Å². The van der Waals surface area contributed by atoms with Crippen LogP contribution in [0.2, 0.25) is 0 Å². The Morgan fingerprint density at radius 3 is 2.39 bits per heavy atom. The van der Waals surface area contributed by atoms with Gasteiger partial charge < -0.3 is 34.3 Å². The van der Waals surface area contributed by atoms with E-state index in [2.05, 4.69) is 28.2 Å². The first-order chi connectivity index (χ1) is 19.4. The van der Waals surface area contributed by atoms with Crippen LogP contribution >= 0.6 is 7.60 Å². The van der Waals surface area contributed by atoms with E-state index in [0.717, 1.165) is 45.8 Å². The Morgan fingerprint density at radius 2 is 1.66 bits per heavy atom. The van der Waals surface area contributed by atoms with Gasteiger partial charge in [-0.25, -0.2) is 13.8 Å². The summed E-state index contributed by atoms with van der Waals surface area (Å²) in [6.45, 7) is 4.12. The van der Waals surface area contributed by atoms with Gasteiger partial charge in [0.1, 0.15) is 17.9 Å². The van der Waals surface area contributed by atoms with Crippen LogP contribution in [0.3, 0.4) is 0 Å². The molecule has 0 spiro atoms. The van der Waals surface area contributed by atoms with E-state index >= 15 is 0 Å². The van der Waals surface area contributed by atoms with Gasteiger partial charge >= 0.3 is 0 Å². The number of hydrogen-bond donors (Lipinski definition) is 1. The number of halogens is 2. The Kier molecular flexibility index (Phi) is 9.88. The van der Waals surface area contributed by atoms with Crippen molar-refractivity contribution in [2.75, 3.05) is 38.8 Å². The van der Waals surface area contributed by atoms with Crippen molar-refractivity contribution in [2.45, 2.75) is 38.8 Å². The maximum atomic E-state index is 13.0. The molecule has 9 nitrogen and oxygen atoms in total. The van der Waals surface area contributed by atoms with Crippen LogP contribution in [0.4, 0.5) is 14.6 Å². The standard InChI is InChI=1S/C29H34F2N3O6P/c1-19-3-8-24-25-17-21(18-33-27(25)28(32)34-26(24)15-19)4-5-22-6-7-23(16-20(22)2)40-14-13-39-12-11-38-10-9-29(30,31)41(35,36)37/h3,6-8,15-18H,4-5,9-14H2,1-2H3,(H2,32,34)(H2,35,36,37)/p-2. The highest BCUT2D eigenvalue weighted by molar-refractivity contribution is 7.50. The van der Waals surface area contributed by atoms with E-state index in [-0.39, 0.29) is 26.4 Å². The van der Waals surface area contributed by atoms with Gasteiger partial charge in [0.15, 0.2) is 5.82 Å². The van der Waals surface area contributed by atoms with E-state index < -0.39 is 26.3 Å². The molecule has 0 unspecified atom stereocenters. The van der Waals surface area contributed by atoms with Crippen LogP contribution in [0, 0.1) is 13.8 Å². The average Bonchev–Trinajstić information content (AvgIpc) is 2.90. The van der Waals surface area contributed by atoms with Crippen molar-refractivity contribution in [3.05, 3.63) is 70.9 Å². The number of aryl methyl sites for hydroxylation is 4. The summed E-state index contributed by atoms with van der Waals surface area (Å²) >= 11 is 0. The van der Waals surface area contributed by atoms with E-state index in [0.29, 0.717) is 17.1 Å². The second kappa shape index (κ2) is 13.2. The SMILES string of the molecule is Cc1ccc2c(c1)nc(N)c1ncc(CCc3ccc(OCCOCCOCCC(F)(F)P(=O)([O-])[O-])cc3C)cc12. The largest absolute Gasteiger partial charge is 0.807 e. The van der Waals surface area contributed by atoms with Gasteiger partial charge in [-0.1, -0.05) is 18.2 Å². The van der Waals surface area contributed by atoms with Crippen molar-refractivity contribution >= 4 is 35.2 Å². The molecule has 0 radical (unpaired) electrons. The Hall–Kier alpha value is -3.21. The minimum atomic E-state index is -5.98. The number of benzene rings is 2. The zero-order valence-corrected chi connectivity index (χ0v) is 23.8. The highest BCUT2D eigenvalue weighted by Gasteiger charge is 2.33. The molecule has 0 fully saturated rings. The third kappa shape index (κ3) is 7.96. The number of alkyl halides is 2. The van der Waals surface area contributed by atoms with Crippen molar-refractivity contribution in [1.29, 1.82) is 0 Å². The zero-order chi connectivity index (χ0) is 29.6. The Balaban J connectivity index is 1.22. The highest BCUT2D eigenvalue weighted by Crippen LogP contribution is 2.47. The van der Waals surface area contributed by atoms with Crippen LogP contribution in [0.15, 0.2) is 48.7 Å². The molecule has 41 heavy (non-hydrogen) atoms. The van der Waals surface area contributed by atoms with Gasteiger partial charge in [0.05, 0.1) is 31.9 Å². The molecule has 0 aliphatic carbocycles. The predicted octanol–water partition coefficient (Wildman–Crippen LogP) is 4.08. The summed E-state index contributed by atoms with van der Waals surface area (Å²) < 4.78 is 52.5. The van der Waals surface area contributed by atoms with Gasteiger partial charge in [-0.05, 0) is 73.2 Å². The lowest BCUT2D eigenvalue weighted by atomic mass is 9.99. The number of fused-ring (bicyclic) bond motifs is 3. The molecule has 4 rings (SSSR count). The summed E-state index contributed by atoms with van der Waals surface area (Å²) in [5.41, 5.74) is 7.94. The molecule has 12 heteroatoms. The first kappa shape index (κ1) is 30.7. The third-order valence-electron chi connectivity index (χ3n) is 6.68. The quantitative estimate of drug-likeness (QED) is 0.131. The number of aromatic nitrogens is 2. The molecule has 0 saturated heterocycles. The summed E-state index contributed by atoms with van der Waals surface area (Å²) in [6, 6.07) is 14.2. The minimum absolute atomic E-state index is 0.0151. The molecule has 0 amide bonds. The van der Waals surface area contributed by atoms with Gasteiger partial charge in [0.2, 0.25) is 0 Å². The number of nitrogens with two attached hydrogens (primary N) is 1. The molecule has 0 atom stereocenters. The molecule has 220 valence electrons. The number of anilines is 1. The van der Waals surface area contributed by atoms with Gasteiger partial charge in [-0.2, -0.15) is 0 Å². The lowest BCUT2D eigenvalue weighted by molar-refractivity contribution is -0.334. The fourth-order valence-electron chi connectivity index (χ4n) is 4.39. The van der Waals surface area contributed by atoms with Crippen LogP contribution in [-0.2, 0) is 26.9 Å². The van der Waals surface area contributed by atoms with Crippen LogP contribution in [0.5, 0.6) is 5.75 Å². The van der Waals surface area contributed by atoms with E-state index in [4.69, 9.17) is 19.9 Å². The predicted molar refractivity (Wildman–Crippen MR) is 149 cm³/mol. The fraction of sp³-hybridized carbons (Fsp3) is 0.379.